The summed E-state index contributed by atoms with van der Waals surface area (Å²) in [5, 5.41) is 5.12. The van der Waals surface area contributed by atoms with Crippen LogP contribution in [0.2, 0.25) is 0 Å². The Labute approximate surface area is 171 Å². The number of anilines is 1. The monoisotopic (exact) mass is 419 g/mol. The lowest BCUT2D eigenvalue weighted by atomic mass is 10.2. The normalized spacial score (nSPS) is 9.78. The van der Waals surface area contributed by atoms with Crippen molar-refractivity contribution < 1.29 is 4.79 Å². The quantitative estimate of drug-likeness (QED) is 0.502. The number of benzene rings is 1. The molecule has 1 aromatic carbocycles. The van der Waals surface area contributed by atoms with Crippen LogP contribution in [0.4, 0.5) is 5.13 Å². The van der Waals surface area contributed by atoms with E-state index < -0.39 is 0 Å². The SMILES string of the molecule is Cl.Cl.O=C(Nc1nccs1)c1[nH]c(-c2ccccc2)nc1-c1ccccn1. The number of aromatic amines is 1. The number of pyridine rings is 1. The highest BCUT2D eigenvalue weighted by Crippen LogP contribution is 2.25. The Morgan fingerprint density at radius 2 is 1.74 bits per heavy atom. The number of carbonyl (C=O) groups is 1. The van der Waals surface area contributed by atoms with Gasteiger partial charge in [-0.2, -0.15) is 0 Å². The summed E-state index contributed by atoms with van der Waals surface area (Å²) in [6, 6.07) is 15.2. The molecule has 3 heterocycles. The average Bonchev–Trinajstić information content (AvgIpc) is 3.33. The van der Waals surface area contributed by atoms with E-state index in [2.05, 4.69) is 25.3 Å². The van der Waals surface area contributed by atoms with Gasteiger partial charge in [0.1, 0.15) is 17.2 Å². The van der Waals surface area contributed by atoms with Gasteiger partial charge in [-0.3, -0.25) is 15.1 Å². The number of halogens is 2. The minimum absolute atomic E-state index is 0. The Balaban J connectivity index is 0.00000131. The summed E-state index contributed by atoms with van der Waals surface area (Å²) < 4.78 is 0. The van der Waals surface area contributed by atoms with Crippen molar-refractivity contribution in [2.24, 2.45) is 0 Å². The first-order chi connectivity index (χ1) is 12.3. The number of hydrogen-bond donors (Lipinski definition) is 2. The van der Waals surface area contributed by atoms with Gasteiger partial charge in [0, 0.05) is 23.3 Å². The molecule has 0 fully saturated rings. The lowest BCUT2D eigenvalue weighted by Crippen LogP contribution is -2.13. The minimum atomic E-state index is -0.301. The van der Waals surface area contributed by atoms with Crippen molar-refractivity contribution in [2.75, 3.05) is 5.32 Å². The van der Waals surface area contributed by atoms with Gasteiger partial charge >= 0.3 is 0 Å². The zero-order valence-electron chi connectivity index (χ0n) is 13.8. The van der Waals surface area contributed by atoms with Gasteiger partial charge in [0.05, 0.1) is 5.69 Å². The van der Waals surface area contributed by atoms with Crippen molar-refractivity contribution in [3.8, 4) is 22.8 Å². The molecule has 0 aliphatic rings. The largest absolute Gasteiger partial charge is 0.333 e. The van der Waals surface area contributed by atoms with Crippen molar-refractivity contribution in [1.29, 1.82) is 0 Å². The number of amides is 1. The number of nitrogens with one attached hydrogen (secondary N) is 2. The molecule has 0 aliphatic heterocycles. The standard InChI is InChI=1S/C18H13N5OS.2ClH/c24-17(23-18-20-10-11-25-18)15-14(13-8-4-5-9-19-13)21-16(22-15)12-6-2-1-3-7-12;;/h1-11H,(H,21,22)(H,20,23,24);2*1H. The molecule has 0 unspecified atom stereocenters. The number of nitrogens with zero attached hydrogens (tertiary/aromatic N) is 3. The molecule has 1 amide bonds. The Morgan fingerprint density at radius 1 is 0.963 bits per heavy atom. The first-order valence-electron chi connectivity index (χ1n) is 7.59. The van der Waals surface area contributed by atoms with Crippen LogP contribution in [0.5, 0.6) is 0 Å². The predicted molar refractivity (Wildman–Crippen MR) is 112 cm³/mol. The van der Waals surface area contributed by atoms with Crippen molar-refractivity contribution in [3.63, 3.8) is 0 Å². The third kappa shape index (κ3) is 4.51. The fourth-order valence-electron chi connectivity index (χ4n) is 2.40. The molecule has 3 aromatic heterocycles. The zero-order chi connectivity index (χ0) is 17.1. The molecule has 0 aliphatic carbocycles. The summed E-state index contributed by atoms with van der Waals surface area (Å²) in [6.07, 6.45) is 3.32. The molecule has 0 saturated carbocycles. The van der Waals surface area contributed by atoms with E-state index in [-0.39, 0.29) is 30.7 Å². The van der Waals surface area contributed by atoms with E-state index >= 15 is 0 Å². The van der Waals surface area contributed by atoms with E-state index in [1.165, 1.54) is 11.3 Å². The van der Waals surface area contributed by atoms with Gasteiger partial charge in [-0.05, 0) is 12.1 Å². The third-order valence-electron chi connectivity index (χ3n) is 3.54. The van der Waals surface area contributed by atoms with Crippen LogP contribution in [0.15, 0.2) is 66.3 Å². The molecule has 4 aromatic rings. The number of carbonyl (C=O) groups excluding carboxylic acids is 1. The van der Waals surface area contributed by atoms with Crippen LogP contribution in [0.3, 0.4) is 0 Å². The van der Waals surface area contributed by atoms with E-state index in [4.69, 9.17) is 0 Å². The molecule has 0 atom stereocenters. The molecular weight excluding hydrogens is 405 g/mol. The number of aromatic nitrogens is 4. The summed E-state index contributed by atoms with van der Waals surface area (Å²) in [4.78, 5) is 28.8. The van der Waals surface area contributed by atoms with Crippen LogP contribution in [-0.2, 0) is 0 Å². The highest BCUT2D eigenvalue weighted by atomic mass is 35.5. The lowest BCUT2D eigenvalue weighted by Gasteiger charge is -2.02. The summed E-state index contributed by atoms with van der Waals surface area (Å²) in [5.74, 6) is 0.316. The first kappa shape index (κ1) is 20.6. The number of imidazole rings is 1. The fraction of sp³-hybridized carbons (Fsp3) is 0. The molecule has 0 saturated heterocycles. The molecule has 2 N–H and O–H groups in total. The lowest BCUT2D eigenvalue weighted by molar-refractivity contribution is 0.102. The van der Waals surface area contributed by atoms with Crippen LogP contribution in [0.1, 0.15) is 10.5 Å². The van der Waals surface area contributed by atoms with Gasteiger partial charge in [0.2, 0.25) is 0 Å². The van der Waals surface area contributed by atoms with Gasteiger partial charge in [-0.15, -0.1) is 36.2 Å². The first-order valence-corrected chi connectivity index (χ1v) is 8.47. The van der Waals surface area contributed by atoms with Crippen LogP contribution >= 0.6 is 36.2 Å². The molecule has 4 rings (SSSR count). The predicted octanol–water partition coefficient (Wildman–Crippen LogP) is 4.69. The van der Waals surface area contributed by atoms with Crippen LogP contribution in [-0.4, -0.2) is 25.8 Å². The van der Waals surface area contributed by atoms with Gasteiger partial charge in [-0.25, -0.2) is 9.97 Å². The summed E-state index contributed by atoms with van der Waals surface area (Å²) in [5.41, 5.74) is 2.39. The third-order valence-corrected chi connectivity index (χ3v) is 4.23. The van der Waals surface area contributed by atoms with Crippen molar-refractivity contribution in [3.05, 3.63) is 72.0 Å². The maximum Gasteiger partial charge on any atom is 0.276 e. The molecule has 0 radical (unpaired) electrons. The van der Waals surface area contributed by atoms with Gasteiger partial charge in [0.25, 0.3) is 5.91 Å². The Morgan fingerprint density at radius 3 is 2.41 bits per heavy atom. The summed E-state index contributed by atoms with van der Waals surface area (Å²) >= 11 is 1.36. The van der Waals surface area contributed by atoms with Crippen LogP contribution in [0.25, 0.3) is 22.8 Å². The van der Waals surface area contributed by atoms with E-state index in [0.717, 1.165) is 5.56 Å². The zero-order valence-corrected chi connectivity index (χ0v) is 16.3. The summed E-state index contributed by atoms with van der Waals surface area (Å²) in [7, 11) is 0. The highest BCUT2D eigenvalue weighted by molar-refractivity contribution is 7.13. The Hall–Kier alpha value is -2.74. The van der Waals surface area contributed by atoms with E-state index in [1.807, 2.05) is 48.5 Å². The number of hydrogen-bond acceptors (Lipinski definition) is 5. The topological polar surface area (TPSA) is 83.6 Å². The maximum atomic E-state index is 12.7. The second kappa shape index (κ2) is 9.27. The van der Waals surface area contributed by atoms with Crippen LogP contribution in [0, 0.1) is 0 Å². The van der Waals surface area contributed by atoms with Crippen LogP contribution < -0.4 is 5.32 Å². The molecule has 0 spiro atoms. The second-order valence-electron chi connectivity index (χ2n) is 5.18. The van der Waals surface area contributed by atoms with Crippen molar-refractivity contribution >= 4 is 47.2 Å². The molecular formula is C18H15Cl2N5OS. The van der Waals surface area contributed by atoms with E-state index in [1.54, 1.807) is 17.8 Å². The Bertz CT molecular complexity index is 991. The molecule has 9 heteroatoms. The molecule has 6 nitrogen and oxygen atoms in total. The highest BCUT2D eigenvalue weighted by Gasteiger charge is 2.20. The smallest absolute Gasteiger partial charge is 0.276 e. The Kier molecular flexibility index (Phi) is 7.06. The maximum absolute atomic E-state index is 12.7. The average molecular weight is 420 g/mol. The molecule has 27 heavy (non-hydrogen) atoms. The second-order valence-corrected chi connectivity index (χ2v) is 6.08. The fourth-order valence-corrected chi connectivity index (χ4v) is 2.93. The number of rotatable bonds is 4. The van der Waals surface area contributed by atoms with E-state index in [9.17, 15) is 4.79 Å². The number of thiazole rings is 1. The molecule has 138 valence electrons. The minimum Gasteiger partial charge on any atom is -0.333 e. The summed E-state index contributed by atoms with van der Waals surface area (Å²) in [6.45, 7) is 0. The van der Waals surface area contributed by atoms with E-state index in [0.29, 0.717) is 28.0 Å². The van der Waals surface area contributed by atoms with Crippen molar-refractivity contribution in [1.82, 2.24) is 19.9 Å². The molecule has 0 bridgehead atoms. The van der Waals surface area contributed by atoms with Crippen molar-refractivity contribution in [2.45, 2.75) is 0 Å². The van der Waals surface area contributed by atoms with Gasteiger partial charge in [-0.1, -0.05) is 36.4 Å². The number of H-pyrrole nitrogens is 1. The van der Waals surface area contributed by atoms with Gasteiger partial charge in [0.15, 0.2) is 5.13 Å². The van der Waals surface area contributed by atoms with Gasteiger partial charge < -0.3 is 4.98 Å².